The molecule has 28 heavy (non-hydrogen) atoms. The quantitative estimate of drug-likeness (QED) is 0.376. The van der Waals surface area contributed by atoms with Gasteiger partial charge in [-0.05, 0) is 55.3 Å². The van der Waals surface area contributed by atoms with Gasteiger partial charge in [-0.3, -0.25) is 14.9 Å². The fourth-order valence-electron chi connectivity index (χ4n) is 2.62. The number of furan rings is 1. The van der Waals surface area contributed by atoms with Crippen LogP contribution in [-0.4, -0.2) is 17.0 Å². The van der Waals surface area contributed by atoms with Crippen LogP contribution in [0.15, 0.2) is 58.0 Å². The van der Waals surface area contributed by atoms with Crippen LogP contribution in [-0.2, 0) is 0 Å². The average molecular weight is 398 g/mol. The molecule has 0 radical (unpaired) electrons. The molecule has 0 saturated carbocycles. The Morgan fingerprint density at radius 2 is 1.96 bits per heavy atom. The molecule has 0 aliphatic carbocycles. The monoisotopic (exact) mass is 397 g/mol. The van der Waals surface area contributed by atoms with Gasteiger partial charge >= 0.3 is 0 Å². The molecule has 1 heterocycles. The van der Waals surface area contributed by atoms with Gasteiger partial charge in [0.25, 0.3) is 11.6 Å². The predicted octanol–water partition coefficient (Wildman–Crippen LogP) is 4.89. The van der Waals surface area contributed by atoms with E-state index in [1.807, 2.05) is 6.92 Å². The minimum atomic E-state index is -0.444. The van der Waals surface area contributed by atoms with Crippen molar-refractivity contribution in [3.63, 3.8) is 0 Å². The van der Waals surface area contributed by atoms with Crippen molar-refractivity contribution in [3.05, 3.63) is 86.1 Å². The summed E-state index contributed by atoms with van der Waals surface area (Å²) in [5.41, 5.74) is 5.15. The summed E-state index contributed by atoms with van der Waals surface area (Å²) in [5, 5.41) is 15.1. The maximum absolute atomic E-state index is 12.1. The summed E-state index contributed by atoms with van der Waals surface area (Å²) in [6.45, 7) is 3.65. The molecule has 3 aromatic rings. The lowest BCUT2D eigenvalue weighted by molar-refractivity contribution is -0.384. The molecule has 0 bridgehead atoms. The summed E-state index contributed by atoms with van der Waals surface area (Å²) < 4.78 is 5.68. The molecule has 0 aliphatic rings. The Morgan fingerprint density at radius 1 is 1.18 bits per heavy atom. The van der Waals surface area contributed by atoms with Crippen molar-refractivity contribution in [2.24, 2.45) is 5.10 Å². The van der Waals surface area contributed by atoms with Crippen LogP contribution >= 0.6 is 11.6 Å². The van der Waals surface area contributed by atoms with Gasteiger partial charge < -0.3 is 4.42 Å². The second-order valence-electron chi connectivity index (χ2n) is 6.14. The summed E-state index contributed by atoms with van der Waals surface area (Å²) in [4.78, 5) is 22.5. The van der Waals surface area contributed by atoms with Gasteiger partial charge in [-0.25, -0.2) is 5.43 Å². The van der Waals surface area contributed by atoms with Gasteiger partial charge in [0.05, 0.1) is 21.7 Å². The second-order valence-corrected chi connectivity index (χ2v) is 6.55. The number of non-ortho nitro benzene ring substituents is 1. The molecule has 0 spiro atoms. The largest absolute Gasteiger partial charge is 0.455 e. The summed E-state index contributed by atoms with van der Waals surface area (Å²) in [6, 6.07) is 13.1. The van der Waals surface area contributed by atoms with E-state index >= 15 is 0 Å². The van der Waals surface area contributed by atoms with Crippen LogP contribution in [0.3, 0.4) is 0 Å². The summed E-state index contributed by atoms with van der Waals surface area (Å²) in [6.07, 6.45) is 1.37. The van der Waals surface area contributed by atoms with E-state index in [-0.39, 0.29) is 5.69 Å². The first kappa shape index (κ1) is 19.3. The lowest BCUT2D eigenvalue weighted by Crippen LogP contribution is -2.18. The number of hydrogen-bond donors (Lipinski definition) is 1. The normalized spacial score (nSPS) is 11.0. The number of carbonyl (C=O) groups excluding carboxylic acids is 1. The Morgan fingerprint density at radius 3 is 2.64 bits per heavy atom. The molecule has 1 amide bonds. The molecular formula is C20H16ClN3O4. The molecule has 1 N–H and O–H groups in total. The number of nitro benzene ring substituents is 1. The van der Waals surface area contributed by atoms with E-state index in [0.29, 0.717) is 27.7 Å². The first-order chi connectivity index (χ1) is 13.3. The molecule has 0 saturated heterocycles. The number of rotatable bonds is 5. The number of halogens is 1. The maximum atomic E-state index is 12.1. The highest BCUT2D eigenvalue weighted by Crippen LogP contribution is 2.28. The van der Waals surface area contributed by atoms with Gasteiger partial charge in [0, 0.05) is 17.7 Å². The number of nitro groups is 1. The fraction of sp³-hybridized carbons (Fsp3) is 0.100. The Bertz CT molecular complexity index is 1090. The number of hydrogen-bond acceptors (Lipinski definition) is 5. The number of nitrogens with zero attached hydrogens (tertiary/aromatic N) is 2. The van der Waals surface area contributed by atoms with E-state index in [2.05, 4.69) is 10.5 Å². The lowest BCUT2D eigenvalue weighted by Gasteiger charge is -2.03. The Labute approximate surface area is 165 Å². The van der Waals surface area contributed by atoms with Crippen molar-refractivity contribution < 1.29 is 14.1 Å². The van der Waals surface area contributed by atoms with Crippen molar-refractivity contribution in [2.45, 2.75) is 13.8 Å². The van der Waals surface area contributed by atoms with Crippen molar-refractivity contribution in [2.75, 3.05) is 0 Å². The zero-order chi connectivity index (χ0) is 20.3. The summed E-state index contributed by atoms with van der Waals surface area (Å²) >= 11 is 6.06. The Kier molecular flexibility index (Phi) is 5.56. The van der Waals surface area contributed by atoms with Gasteiger partial charge in [0.2, 0.25) is 0 Å². The SMILES string of the molecule is Cc1ccc(C(=O)N/N=C/c2ccc(-c3ccc([N+](=O)[O-])cc3C)o2)c(Cl)c1. The van der Waals surface area contributed by atoms with Gasteiger partial charge in [-0.15, -0.1) is 0 Å². The van der Waals surface area contributed by atoms with Crippen LogP contribution in [0.25, 0.3) is 11.3 Å². The van der Waals surface area contributed by atoms with E-state index < -0.39 is 10.8 Å². The number of hydrazone groups is 1. The topological polar surface area (TPSA) is 97.7 Å². The highest BCUT2D eigenvalue weighted by atomic mass is 35.5. The number of benzene rings is 2. The molecule has 7 nitrogen and oxygen atoms in total. The van der Waals surface area contributed by atoms with Gasteiger partial charge in [-0.2, -0.15) is 5.10 Å². The maximum Gasteiger partial charge on any atom is 0.272 e. The van der Waals surface area contributed by atoms with E-state index in [1.54, 1.807) is 43.3 Å². The Balaban J connectivity index is 1.71. The summed E-state index contributed by atoms with van der Waals surface area (Å²) in [5.74, 6) is 0.532. The molecular weight excluding hydrogens is 382 g/mol. The third-order valence-electron chi connectivity index (χ3n) is 4.04. The Hall–Kier alpha value is -3.45. The third-order valence-corrected chi connectivity index (χ3v) is 4.35. The predicted molar refractivity (Wildman–Crippen MR) is 107 cm³/mol. The number of aryl methyl sites for hydroxylation is 2. The van der Waals surface area contributed by atoms with Crippen LogP contribution in [0.4, 0.5) is 5.69 Å². The van der Waals surface area contributed by atoms with Crippen molar-refractivity contribution >= 4 is 29.4 Å². The second kappa shape index (κ2) is 8.06. The number of carbonyl (C=O) groups is 1. The van der Waals surface area contributed by atoms with Gasteiger partial charge in [0.1, 0.15) is 11.5 Å². The smallest absolute Gasteiger partial charge is 0.272 e. The van der Waals surface area contributed by atoms with Crippen LogP contribution in [0.2, 0.25) is 5.02 Å². The zero-order valence-electron chi connectivity index (χ0n) is 15.1. The van der Waals surface area contributed by atoms with E-state index in [0.717, 1.165) is 11.1 Å². The highest BCUT2D eigenvalue weighted by molar-refractivity contribution is 6.33. The van der Waals surface area contributed by atoms with E-state index in [1.165, 1.54) is 18.3 Å². The van der Waals surface area contributed by atoms with E-state index in [4.69, 9.17) is 16.0 Å². The molecule has 3 rings (SSSR count). The van der Waals surface area contributed by atoms with Crippen molar-refractivity contribution in [1.29, 1.82) is 0 Å². The standard InChI is InChI=1S/C20H16ClN3O4/c1-12-3-6-17(18(21)9-12)20(25)23-22-11-15-5-8-19(28-15)16-7-4-14(24(26)27)10-13(16)2/h3-11H,1-2H3,(H,23,25)/b22-11+. The first-order valence-electron chi connectivity index (χ1n) is 8.30. The first-order valence-corrected chi connectivity index (χ1v) is 8.68. The van der Waals surface area contributed by atoms with Crippen molar-refractivity contribution in [3.8, 4) is 11.3 Å². The molecule has 0 aliphatic heterocycles. The van der Waals surface area contributed by atoms with Crippen LogP contribution in [0.1, 0.15) is 27.2 Å². The molecule has 0 atom stereocenters. The molecule has 1 aromatic heterocycles. The van der Waals surface area contributed by atoms with Crippen LogP contribution in [0, 0.1) is 24.0 Å². The van der Waals surface area contributed by atoms with Gasteiger partial charge in [0.15, 0.2) is 0 Å². The molecule has 2 aromatic carbocycles. The molecule has 8 heteroatoms. The average Bonchev–Trinajstić information content (AvgIpc) is 3.10. The fourth-order valence-corrected chi connectivity index (χ4v) is 2.94. The highest BCUT2D eigenvalue weighted by Gasteiger charge is 2.12. The number of nitrogens with one attached hydrogen (secondary N) is 1. The summed E-state index contributed by atoms with van der Waals surface area (Å²) in [7, 11) is 0. The third kappa shape index (κ3) is 4.27. The lowest BCUT2D eigenvalue weighted by atomic mass is 10.1. The minimum Gasteiger partial charge on any atom is -0.455 e. The van der Waals surface area contributed by atoms with Crippen LogP contribution in [0.5, 0.6) is 0 Å². The zero-order valence-corrected chi connectivity index (χ0v) is 15.9. The molecule has 0 unspecified atom stereocenters. The van der Waals surface area contributed by atoms with E-state index in [9.17, 15) is 14.9 Å². The van der Waals surface area contributed by atoms with Crippen LogP contribution < -0.4 is 5.43 Å². The minimum absolute atomic E-state index is 0.0204. The van der Waals surface area contributed by atoms with Crippen molar-refractivity contribution in [1.82, 2.24) is 5.43 Å². The van der Waals surface area contributed by atoms with Gasteiger partial charge in [-0.1, -0.05) is 17.7 Å². The molecule has 0 fully saturated rings. The molecule has 142 valence electrons. The number of amides is 1.